The van der Waals surface area contributed by atoms with Crippen molar-refractivity contribution in [2.45, 2.75) is 38.3 Å². The minimum Gasteiger partial charge on any atom is -0.496 e. The number of nitrogens with zero attached hydrogens (tertiary/aromatic N) is 2. The molecule has 0 bridgehead atoms. The molecule has 0 spiro atoms. The fourth-order valence-corrected chi connectivity index (χ4v) is 2.98. The zero-order valence-corrected chi connectivity index (χ0v) is 12.5. The van der Waals surface area contributed by atoms with Crippen molar-refractivity contribution in [1.82, 2.24) is 4.90 Å². The number of hydrogen-bond acceptors (Lipinski definition) is 5. The number of hydrogen-bond donors (Lipinski definition) is 1. The van der Waals surface area contributed by atoms with Crippen LogP contribution in [0.5, 0.6) is 5.75 Å². The Balaban J connectivity index is 2.16. The average Bonchev–Trinajstić information content (AvgIpc) is 2.49. The third-order valence-corrected chi connectivity index (χ3v) is 4.03. The maximum absolute atomic E-state index is 11.0. The maximum Gasteiger partial charge on any atom is 0.273 e. The van der Waals surface area contributed by atoms with Gasteiger partial charge in [-0.1, -0.05) is 6.42 Å². The number of methoxy groups -OCH3 is 1. The molecule has 2 N–H and O–H groups in total. The topological polar surface area (TPSA) is 81.6 Å². The summed E-state index contributed by atoms with van der Waals surface area (Å²) in [7, 11) is 1.53. The van der Waals surface area contributed by atoms with E-state index in [0.717, 1.165) is 24.9 Å². The standard InChI is InChI=1S/C15H23N3O3/c1-21-15-9-12(8-14(10-15)18(19)20)11-17-7-3-2-4-13(17)5-6-16/h8-10,13H,2-7,11,16H2,1H3. The zero-order chi connectivity index (χ0) is 15.2. The first-order valence-electron chi connectivity index (χ1n) is 7.40. The first kappa shape index (κ1) is 15.7. The maximum atomic E-state index is 11.0. The Morgan fingerprint density at radius 1 is 1.43 bits per heavy atom. The summed E-state index contributed by atoms with van der Waals surface area (Å²) in [6, 6.07) is 5.45. The molecule has 0 aliphatic carbocycles. The van der Waals surface area contributed by atoms with Crippen molar-refractivity contribution < 1.29 is 9.66 Å². The molecule has 0 aromatic heterocycles. The molecule has 0 saturated carbocycles. The molecule has 1 aliphatic rings. The normalized spacial score (nSPS) is 19.4. The van der Waals surface area contributed by atoms with Crippen molar-refractivity contribution >= 4 is 5.69 Å². The van der Waals surface area contributed by atoms with Crippen molar-refractivity contribution in [3.05, 3.63) is 33.9 Å². The van der Waals surface area contributed by atoms with Gasteiger partial charge in [-0.25, -0.2) is 0 Å². The van der Waals surface area contributed by atoms with Gasteiger partial charge in [-0.15, -0.1) is 0 Å². The van der Waals surface area contributed by atoms with Crippen LogP contribution in [0, 0.1) is 10.1 Å². The Morgan fingerprint density at radius 3 is 2.90 bits per heavy atom. The Labute approximate surface area is 125 Å². The SMILES string of the molecule is COc1cc(CN2CCCCC2CCN)cc([N+](=O)[O-])c1. The van der Waals surface area contributed by atoms with E-state index in [1.54, 1.807) is 6.07 Å². The molecule has 1 aliphatic heterocycles. The van der Waals surface area contributed by atoms with Crippen molar-refractivity contribution in [2.75, 3.05) is 20.2 Å². The lowest BCUT2D eigenvalue weighted by Gasteiger charge is -2.35. The molecule has 116 valence electrons. The molecule has 0 radical (unpaired) electrons. The number of likely N-dealkylation sites (tertiary alicyclic amines) is 1. The molecule has 1 unspecified atom stereocenters. The quantitative estimate of drug-likeness (QED) is 0.643. The molecular formula is C15H23N3O3. The molecule has 1 aromatic rings. The molecule has 1 atom stereocenters. The van der Waals surface area contributed by atoms with Crippen molar-refractivity contribution in [1.29, 1.82) is 0 Å². The fraction of sp³-hybridized carbons (Fsp3) is 0.600. The number of benzene rings is 1. The van der Waals surface area contributed by atoms with Crippen LogP contribution in [0.4, 0.5) is 5.69 Å². The largest absolute Gasteiger partial charge is 0.496 e. The predicted octanol–water partition coefficient (Wildman–Crippen LogP) is 2.31. The molecule has 21 heavy (non-hydrogen) atoms. The van der Waals surface area contributed by atoms with Gasteiger partial charge in [-0.3, -0.25) is 15.0 Å². The summed E-state index contributed by atoms with van der Waals surface area (Å²) in [5.74, 6) is 0.534. The zero-order valence-electron chi connectivity index (χ0n) is 12.5. The summed E-state index contributed by atoms with van der Waals surface area (Å²) in [4.78, 5) is 13.0. The number of piperidine rings is 1. The van der Waals surface area contributed by atoms with E-state index in [0.29, 0.717) is 24.9 Å². The summed E-state index contributed by atoms with van der Waals surface area (Å²) in [6.45, 7) is 2.41. The van der Waals surface area contributed by atoms with Gasteiger partial charge in [0.2, 0.25) is 0 Å². The highest BCUT2D eigenvalue weighted by molar-refractivity contribution is 5.42. The van der Waals surface area contributed by atoms with E-state index in [-0.39, 0.29) is 10.6 Å². The molecule has 1 fully saturated rings. The van der Waals surface area contributed by atoms with Gasteiger partial charge in [0, 0.05) is 18.7 Å². The third kappa shape index (κ3) is 4.15. The van der Waals surface area contributed by atoms with Crippen LogP contribution >= 0.6 is 0 Å². The summed E-state index contributed by atoms with van der Waals surface area (Å²) in [5, 5.41) is 11.0. The minimum absolute atomic E-state index is 0.0803. The van der Waals surface area contributed by atoms with Gasteiger partial charge in [0.25, 0.3) is 5.69 Å². The van der Waals surface area contributed by atoms with Crippen LogP contribution in [-0.4, -0.2) is 36.1 Å². The molecule has 1 heterocycles. The highest BCUT2D eigenvalue weighted by atomic mass is 16.6. The van der Waals surface area contributed by atoms with E-state index in [4.69, 9.17) is 10.5 Å². The Morgan fingerprint density at radius 2 is 2.24 bits per heavy atom. The minimum atomic E-state index is -0.375. The Kier molecular flexibility index (Phi) is 5.52. The van der Waals surface area contributed by atoms with Crippen molar-refractivity contribution in [3.63, 3.8) is 0 Å². The third-order valence-electron chi connectivity index (χ3n) is 4.03. The lowest BCUT2D eigenvalue weighted by atomic mass is 9.98. The Bertz CT molecular complexity index is 491. The second-order valence-electron chi connectivity index (χ2n) is 5.49. The molecular weight excluding hydrogens is 270 g/mol. The van der Waals surface area contributed by atoms with Gasteiger partial charge >= 0.3 is 0 Å². The summed E-state index contributed by atoms with van der Waals surface area (Å²) < 4.78 is 5.17. The smallest absolute Gasteiger partial charge is 0.273 e. The average molecular weight is 293 g/mol. The molecule has 0 amide bonds. The first-order valence-corrected chi connectivity index (χ1v) is 7.40. The van der Waals surface area contributed by atoms with Crippen molar-refractivity contribution in [3.8, 4) is 5.75 Å². The molecule has 1 saturated heterocycles. The predicted molar refractivity (Wildman–Crippen MR) is 81.4 cm³/mol. The van der Waals surface area contributed by atoms with Crippen LogP contribution in [0.15, 0.2) is 18.2 Å². The van der Waals surface area contributed by atoms with E-state index in [9.17, 15) is 10.1 Å². The fourth-order valence-electron chi connectivity index (χ4n) is 2.98. The monoisotopic (exact) mass is 293 g/mol. The lowest BCUT2D eigenvalue weighted by Crippen LogP contribution is -2.40. The second kappa shape index (κ2) is 7.38. The van der Waals surface area contributed by atoms with Crippen LogP contribution in [0.25, 0.3) is 0 Å². The summed E-state index contributed by atoms with van der Waals surface area (Å²) in [6.07, 6.45) is 4.54. The summed E-state index contributed by atoms with van der Waals surface area (Å²) >= 11 is 0. The van der Waals surface area contributed by atoms with E-state index >= 15 is 0 Å². The number of nitro groups is 1. The van der Waals surface area contributed by atoms with Crippen LogP contribution in [0.3, 0.4) is 0 Å². The van der Waals surface area contributed by atoms with Crippen LogP contribution in [-0.2, 0) is 6.54 Å². The lowest BCUT2D eigenvalue weighted by molar-refractivity contribution is -0.385. The van der Waals surface area contributed by atoms with E-state index in [1.807, 2.05) is 6.07 Å². The first-order chi connectivity index (χ1) is 10.1. The number of ether oxygens (including phenoxy) is 1. The van der Waals surface area contributed by atoms with Gasteiger partial charge in [0.1, 0.15) is 5.75 Å². The van der Waals surface area contributed by atoms with Crippen molar-refractivity contribution in [2.24, 2.45) is 5.73 Å². The molecule has 1 aromatic carbocycles. The molecule has 6 heteroatoms. The van der Waals surface area contributed by atoms with Gasteiger partial charge in [0.05, 0.1) is 18.1 Å². The van der Waals surface area contributed by atoms with Crippen LogP contribution in [0.2, 0.25) is 0 Å². The van der Waals surface area contributed by atoms with Crippen LogP contribution in [0.1, 0.15) is 31.2 Å². The summed E-state index contributed by atoms with van der Waals surface area (Å²) in [5.41, 5.74) is 6.69. The van der Waals surface area contributed by atoms with Crippen LogP contribution < -0.4 is 10.5 Å². The number of nitrogens with two attached hydrogens (primary N) is 1. The number of nitro benzene ring substituents is 1. The number of non-ortho nitro benzene ring substituents is 1. The van der Waals surface area contributed by atoms with Gasteiger partial charge in [-0.05, 0) is 44.0 Å². The highest BCUT2D eigenvalue weighted by Gasteiger charge is 2.22. The van der Waals surface area contributed by atoms with E-state index in [2.05, 4.69) is 4.90 Å². The second-order valence-corrected chi connectivity index (χ2v) is 5.49. The van der Waals surface area contributed by atoms with Gasteiger partial charge in [-0.2, -0.15) is 0 Å². The van der Waals surface area contributed by atoms with E-state index < -0.39 is 0 Å². The Hall–Kier alpha value is -1.66. The highest BCUT2D eigenvalue weighted by Crippen LogP contribution is 2.26. The molecule has 6 nitrogen and oxygen atoms in total. The molecule has 2 rings (SSSR count). The van der Waals surface area contributed by atoms with Gasteiger partial charge in [0.15, 0.2) is 0 Å². The van der Waals surface area contributed by atoms with E-state index in [1.165, 1.54) is 26.0 Å². The number of rotatable bonds is 6. The van der Waals surface area contributed by atoms with Gasteiger partial charge < -0.3 is 10.5 Å².